The molecule has 0 radical (unpaired) electrons. The molecule has 2 aromatic rings. The Labute approximate surface area is 119 Å². The molecule has 1 N–H and O–H groups in total. The largest absolute Gasteiger partial charge is 0.493 e. The Morgan fingerprint density at radius 1 is 1.15 bits per heavy atom. The monoisotopic (exact) mass is 273 g/mol. The van der Waals surface area contributed by atoms with Gasteiger partial charge in [0.25, 0.3) is 0 Å². The van der Waals surface area contributed by atoms with E-state index in [1.54, 1.807) is 13.1 Å². The Morgan fingerprint density at radius 2 is 1.95 bits per heavy atom. The molecule has 0 unspecified atom stereocenters. The fraction of sp³-hybridized carbons (Fsp3) is 0.294. The molecule has 0 atom stereocenters. The van der Waals surface area contributed by atoms with Crippen molar-refractivity contribution in [3.8, 4) is 16.9 Å². The Kier molecular flexibility index (Phi) is 5.13. The number of hydrogen-bond donors (Lipinski definition) is 1. The van der Waals surface area contributed by atoms with Crippen molar-refractivity contribution in [1.29, 1.82) is 0 Å². The number of hydrogen-bond acceptors (Lipinski definition) is 2. The van der Waals surface area contributed by atoms with Crippen LogP contribution in [0.25, 0.3) is 11.1 Å². The maximum atomic E-state index is 14.0. The fourth-order valence-corrected chi connectivity index (χ4v) is 2.09. The lowest BCUT2D eigenvalue weighted by molar-refractivity contribution is 0.318. The highest BCUT2D eigenvalue weighted by molar-refractivity contribution is 5.70. The summed E-state index contributed by atoms with van der Waals surface area (Å²) in [5, 5.41) is 2.96. The Hall–Kier alpha value is -1.87. The average molecular weight is 273 g/mol. The predicted octanol–water partition coefficient (Wildman–Crippen LogP) is 4.00. The van der Waals surface area contributed by atoms with Gasteiger partial charge in [-0.05, 0) is 31.2 Å². The van der Waals surface area contributed by atoms with Crippen LogP contribution in [0.15, 0.2) is 42.5 Å². The van der Waals surface area contributed by atoms with Gasteiger partial charge in [-0.1, -0.05) is 37.3 Å². The highest BCUT2D eigenvalue weighted by Crippen LogP contribution is 2.30. The van der Waals surface area contributed by atoms with E-state index >= 15 is 0 Å². The summed E-state index contributed by atoms with van der Waals surface area (Å²) in [5.74, 6) is 0.609. The van der Waals surface area contributed by atoms with Gasteiger partial charge in [0.05, 0.1) is 6.61 Å². The second-order valence-electron chi connectivity index (χ2n) is 4.68. The molecule has 0 bridgehead atoms. The van der Waals surface area contributed by atoms with Gasteiger partial charge in [-0.25, -0.2) is 4.39 Å². The van der Waals surface area contributed by atoms with Gasteiger partial charge >= 0.3 is 0 Å². The summed E-state index contributed by atoms with van der Waals surface area (Å²) in [6.45, 7) is 3.26. The van der Waals surface area contributed by atoms with Crippen LogP contribution in [0.1, 0.15) is 18.9 Å². The standard InChI is InChI=1S/C17H20FNO/c1-3-10-20-17-7-5-4-6-15(17)13-8-9-14(12-19-2)16(18)11-13/h4-9,11,19H,3,10,12H2,1-2H3. The SMILES string of the molecule is CCCOc1ccccc1-c1ccc(CNC)c(F)c1. The predicted molar refractivity (Wildman–Crippen MR) is 80.4 cm³/mol. The zero-order valence-corrected chi connectivity index (χ0v) is 11.9. The molecule has 0 fully saturated rings. The molecule has 0 saturated heterocycles. The van der Waals surface area contributed by atoms with Crippen molar-refractivity contribution < 1.29 is 9.13 Å². The lowest BCUT2D eigenvalue weighted by atomic mass is 10.0. The number of ether oxygens (including phenoxy) is 1. The lowest BCUT2D eigenvalue weighted by Crippen LogP contribution is -2.06. The van der Waals surface area contributed by atoms with E-state index in [0.717, 1.165) is 23.3 Å². The van der Waals surface area contributed by atoms with E-state index in [0.29, 0.717) is 18.7 Å². The van der Waals surface area contributed by atoms with Crippen LogP contribution in [0.2, 0.25) is 0 Å². The van der Waals surface area contributed by atoms with Gasteiger partial charge in [0.15, 0.2) is 0 Å². The summed E-state index contributed by atoms with van der Waals surface area (Å²) in [4.78, 5) is 0. The number of nitrogens with one attached hydrogen (secondary N) is 1. The van der Waals surface area contributed by atoms with Gasteiger partial charge in [0.1, 0.15) is 11.6 Å². The highest BCUT2D eigenvalue weighted by atomic mass is 19.1. The molecule has 20 heavy (non-hydrogen) atoms. The topological polar surface area (TPSA) is 21.3 Å². The molecule has 0 aliphatic rings. The summed E-state index contributed by atoms with van der Waals surface area (Å²) in [7, 11) is 1.81. The number of para-hydroxylation sites is 1. The van der Waals surface area contributed by atoms with Crippen molar-refractivity contribution in [3.63, 3.8) is 0 Å². The van der Waals surface area contributed by atoms with E-state index in [2.05, 4.69) is 12.2 Å². The van der Waals surface area contributed by atoms with Crippen molar-refractivity contribution in [2.24, 2.45) is 0 Å². The van der Waals surface area contributed by atoms with Crippen molar-refractivity contribution >= 4 is 0 Å². The first-order chi connectivity index (χ1) is 9.76. The first-order valence-electron chi connectivity index (χ1n) is 6.91. The molecular formula is C17H20FNO. The first-order valence-corrected chi connectivity index (χ1v) is 6.91. The molecule has 2 aromatic carbocycles. The van der Waals surface area contributed by atoms with Crippen LogP contribution in [-0.2, 0) is 6.54 Å². The van der Waals surface area contributed by atoms with Gasteiger partial charge in [-0.2, -0.15) is 0 Å². The molecule has 0 heterocycles. The zero-order chi connectivity index (χ0) is 14.4. The zero-order valence-electron chi connectivity index (χ0n) is 11.9. The highest BCUT2D eigenvalue weighted by Gasteiger charge is 2.08. The molecule has 0 aromatic heterocycles. The fourth-order valence-electron chi connectivity index (χ4n) is 2.09. The molecule has 106 valence electrons. The average Bonchev–Trinajstić information content (AvgIpc) is 2.48. The Balaban J connectivity index is 2.33. The first kappa shape index (κ1) is 14.5. The van der Waals surface area contributed by atoms with Crippen molar-refractivity contribution in [1.82, 2.24) is 5.32 Å². The van der Waals surface area contributed by atoms with E-state index in [1.807, 2.05) is 36.4 Å². The molecule has 2 nitrogen and oxygen atoms in total. The van der Waals surface area contributed by atoms with Crippen molar-refractivity contribution in [2.75, 3.05) is 13.7 Å². The summed E-state index contributed by atoms with van der Waals surface area (Å²) in [6, 6.07) is 13.1. The number of halogens is 1. The van der Waals surface area contributed by atoms with Crippen LogP contribution >= 0.6 is 0 Å². The maximum absolute atomic E-state index is 14.0. The minimum absolute atomic E-state index is 0.192. The quantitative estimate of drug-likeness (QED) is 0.859. The minimum atomic E-state index is -0.192. The van der Waals surface area contributed by atoms with Gasteiger partial charge in [0.2, 0.25) is 0 Å². The van der Waals surface area contributed by atoms with Gasteiger partial charge in [-0.3, -0.25) is 0 Å². The van der Waals surface area contributed by atoms with E-state index in [1.165, 1.54) is 0 Å². The third-order valence-electron chi connectivity index (χ3n) is 3.08. The van der Waals surface area contributed by atoms with E-state index < -0.39 is 0 Å². The van der Waals surface area contributed by atoms with Crippen LogP contribution in [0.5, 0.6) is 5.75 Å². The second-order valence-corrected chi connectivity index (χ2v) is 4.68. The molecule has 0 aliphatic heterocycles. The van der Waals surface area contributed by atoms with Crippen LogP contribution < -0.4 is 10.1 Å². The minimum Gasteiger partial charge on any atom is -0.493 e. The van der Waals surface area contributed by atoms with Crippen LogP contribution in [-0.4, -0.2) is 13.7 Å². The van der Waals surface area contributed by atoms with Crippen molar-refractivity contribution in [2.45, 2.75) is 19.9 Å². The molecule has 0 amide bonds. The normalized spacial score (nSPS) is 10.6. The van der Waals surface area contributed by atoms with Crippen molar-refractivity contribution in [3.05, 3.63) is 53.8 Å². The Morgan fingerprint density at radius 3 is 2.65 bits per heavy atom. The summed E-state index contributed by atoms with van der Waals surface area (Å²) in [5.41, 5.74) is 2.44. The van der Waals surface area contributed by atoms with Crippen LogP contribution in [0.4, 0.5) is 4.39 Å². The summed E-state index contributed by atoms with van der Waals surface area (Å²) in [6.07, 6.45) is 0.948. The number of rotatable bonds is 6. The smallest absolute Gasteiger partial charge is 0.128 e. The van der Waals surface area contributed by atoms with E-state index in [4.69, 9.17) is 4.74 Å². The van der Waals surface area contributed by atoms with E-state index in [9.17, 15) is 4.39 Å². The molecule has 0 spiro atoms. The number of benzene rings is 2. The summed E-state index contributed by atoms with van der Waals surface area (Å²) < 4.78 is 19.7. The van der Waals surface area contributed by atoms with Gasteiger partial charge in [-0.15, -0.1) is 0 Å². The lowest BCUT2D eigenvalue weighted by Gasteiger charge is -2.12. The molecule has 2 rings (SSSR count). The van der Waals surface area contributed by atoms with Gasteiger partial charge < -0.3 is 10.1 Å². The Bertz CT molecular complexity index is 569. The molecule has 0 aliphatic carbocycles. The molecule has 3 heteroatoms. The van der Waals surface area contributed by atoms with Gasteiger partial charge in [0, 0.05) is 17.7 Å². The maximum Gasteiger partial charge on any atom is 0.128 e. The molecular weight excluding hydrogens is 253 g/mol. The van der Waals surface area contributed by atoms with Crippen LogP contribution in [0, 0.1) is 5.82 Å². The molecule has 0 saturated carbocycles. The third kappa shape index (κ3) is 3.36. The van der Waals surface area contributed by atoms with Crippen LogP contribution in [0.3, 0.4) is 0 Å². The summed E-state index contributed by atoms with van der Waals surface area (Å²) >= 11 is 0. The van der Waals surface area contributed by atoms with E-state index in [-0.39, 0.29) is 5.82 Å². The second kappa shape index (κ2) is 7.06. The third-order valence-corrected chi connectivity index (χ3v) is 3.08.